The fourth-order valence-electron chi connectivity index (χ4n) is 2.04. The van der Waals surface area contributed by atoms with Crippen LogP contribution in [0.25, 0.3) is 20.7 Å². The molecule has 0 radical (unpaired) electrons. The fraction of sp³-hybridized carbons (Fsp3) is 0.200. The van der Waals surface area contributed by atoms with Crippen LogP contribution in [-0.4, -0.2) is 20.8 Å². The first-order valence-corrected chi connectivity index (χ1v) is 7.39. The maximum Gasteiger partial charge on any atom is 0.278 e. The van der Waals surface area contributed by atoms with Gasteiger partial charge in [-0.15, -0.1) is 16.4 Å². The summed E-state index contributed by atoms with van der Waals surface area (Å²) >= 11 is 1.44. The molecule has 3 rings (SSSR count). The summed E-state index contributed by atoms with van der Waals surface area (Å²) in [6.07, 6.45) is 0.287. The molecule has 0 saturated heterocycles. The Morgan fingerprint density at radius 2 is 2.05 bits per heavy atom. The van der Waals surface area contributed by atoms with Crippen molar-refractivity contribution in [2.45, 2.75) is 19.9 Å². The molecule has 1 aromatic carbocycles. The van der Waals surface area contributed by atoms with Crippen molar-refractivity contribution in [3.8, 4) is 10.4 Å². The number of hydrogen-bond donors (Lipinski definition) is 0. The minimum absolute atomic E-state index is 0.0269. The number of carbonyl (C=O) groups is 1. The number of carbonyl (C=O) groups excluding carboxylic acids is 1. The summed E-state index contributed by atoms with van der Waals surface area (Å²) in [6.45, 7) is 1.77. The van der Waals surface area contributed by atoms with Crippen molar-refractivity contribution in [3.05, 3.63) is 46.8 Å². The summed E-state index contributed by atoms with van der Waals surface area (Å²) in [5, 5.41) is 8.54. The number of aromatic nitrogens is 3. The third-order valence-corrected chi connectivity index (χ3v) is 4.22. The van der Waals surface area contributed by atoms with Gasteiger partial charge in [-0.05, 0) is 18.6 Å². The van der Waals surface area contributed by atoms with Gasteiger partial charge in [0.05, 0.1) is 11.9 Å². The van der Waals surface area contributed by atoms with Gasteiger partial charge in [0, 0.05) is 11.3 Å². The predicted molar refractivity (Wildman–Crippen MR) is 82.4 cm³/mol. The largest absolute Gasteiger partial charge is 0.300 e. The van der Waals surface area contributed by atoms with E-state index in [0.29, 0.717) is 10.2 Å². The van der Waals surface area contributed by atoms with Crippen LogP contribution in [0.4, 0.5) is 0 Å². The number of thiophene rings is 1. The van der Waals surface area contributed by atoms with Crippen molar-refractivity contribution in [2.75, 3.05) is 0 Å². The Balaban J connectivity index is 2.04. The number of ketones is 1. The van der Waals surface area contributed by atoms with Crippen molar-refractivity contribution in [1.82, 2.24) is 15.0 Å². The molecule has 0 saturated carbocycles. The molecule has 2 heterocycles. The smallest absolute Gasteiger partial charge is 0.278 e. The minimum Gasteiger partial charge on any atom is -0.300 e. The first-order chi connectivity index (χ1) is 10.1. The summed E-state index contributed by atoms with van der Waals surface area (Å²) in [4.78, 5) is 25.0. The number of Topliss-reactive ketones (excluding diaryl/α,β-unsaturated/α-hetero) is 1. The molecule has 106 valence electrons. The highest BCUT2D eigenvalue weighted by Gasteiger charge is 2.11. The van der Waals surface area contributed by atoms with Crippen LogP contribution < -0.4 is 5.56 Å². The topological polar surface area (TPSA) is 64.8 Å². The summed E-state index contributed by atoms with van der Waals surface area (Å²) in [7, 11) is 0. The zero-order valence-electron chi connectivity index (χ0n) is 11.4. The lowest BCUT2D eigenvalue weighted by atomic mass is 10.2. The molecule has 3 aromatic rings. The van der Waals surface area contributed by atoms with Crippen LogP contribution in [0.2, 0.25) is 0 Å². The summed E-state index contributed by atoms with van der Waals surface area (Å²) in [6, 6.07) is 11.7. The third kappa shape index (κ3) is 2.75. The van der Waals surface area contributed by atoms with Crippen LogP contribution >= 0.6 is 11.3 Å². The van der Waals surface area contributed by atoms with Crippen molar-refractivity contribution in [3.63, 3.8) is 0 Å². The molecule has 5 nitrogen and oxygen atoms in total. The first kappa shape index (κ1) is 13.6. The average molecular weight is 299 g/mol. The standard InChI is InChI=1S/C15H13N3O2S/c1-10(19)7-8-18-15(20)12-9-13(21-14(12)16-17-18)11-5-3-2-4-6-11/h2-6,9H,7-8H2,1H3. The maximum atomic E-state index is 12.3. The van der Waals surface area contributed by atoms with Gasteiger partial charge in [-0.1, -0.05) is 35.5 Å². The number of rotatable bonds is 4. The Kier molecular flexibility index (Phi) is 3.62. The molecule has 0 aliphatic carbocycles. The lowest BCUT2D eigenvalue weighted by molar-refractivity contribution is -0.117. The van der Waals surface area contributed by atoms with Crippen molar-refractivity contribution >= 4 is 27.3 Å². The van der Waals surface area contributed by atoms with E-state index in [2.05, 4.69) is 10.3 Å². The molecule has 0 aliphatic rings. The van der Waals surface area contributed by atoms with Crippen molar-refractivity contribution in [1.29, 1.82) is 0 Å². The van der Waals surface area contributed by atoms with Crippen LogP contribution in [0.15, 0.2) is 41.2 Å². The second-order valence-corrected chi connectivity index (χ2v) is 5.80. The van der Waals surface area contributed by atoms with Gasteiger partial charge in [0.2, 0.25) is 0 Å². The van der Waals surface area contributed by atoms with E-state index in [1.54, 1.807) is 0 Å². The van der Waals surface area contributed by atoms with Crippen molar-refractivity contribution < 1.29 is 4.79 Å². The number of nitrogens with zero attached hydrogens (tertiary/aromatic N) is 3. The van der Waals surface area contributed by atoms with Gasteiger partial charge in [0.1, 0.15) is 5.78 Å². The van der Waals surface area contributed by atoms with Gasteiger partial charge in [0.25, 0.3) is 5.56 Å². The van der Waals surface area contributed by atoms with E-state index in [1.807, 2.05) is 36.4 Å². The SMILES string of the molecule is CC(=O)CCn1nnc2sc(-c3ccccc3)cc2c1=O. The zero-order chi connectivity index (χ0) is 14.8. The Hall–Kier alpha value is -2.34. The maximum absolute atomic E-state index is 12.3. The Bertz CT molecular complexity index is 852. The number of hydrogen-bond acceptors (Lipinski definition) is 5. The summed E-state index contributed by atoms with van der Waals surface area (Å²) < 4.78 is 1.26. The van der Waals surface area contributed by atoms with Gasteiger partial charge in [-0.25, -0.2) is 4.68 Å². The molecule has 2 aromatic heterocycles. The van der Waals surface area contributed by atoms with Crippen molar-refractivity contribution in [2.24, 2.45) is 0 Å². The minimum atomic E-state index is -0.195. The Labute approximate surface area is 124 Å². The average Bonchev–Trinajstić information content (AvgIpc) is 2.92. The van der Waals surface area contributed by atoms with E-state index >= 15 is 0 Å². The Morgan fingerprint density at radius 1 is 1.29 bits per heavy atom. The fourth-order valence-corrected chi connectivity index (χ4v) is 3.01. The van der Waals surface area contributed by atoms with Crippen LogP contribution in [0.5, 0.6) is 0 Å². The van der Waals surface area contributed by atoms with E-state index in [0.717, 1.165) is 10.4 Å². The molecule has 6 heteroatoms. The highest BCUT2D eigenvalue weighted by Crippen LogP contribution is 2.30. The second-order valence-electron chi connectivity index (χ2n) is 4.77. The summed E-state index contributed by atoms with van der Waals surface area (Å²) in [5.41, 5.74) is 0.856. The van der Waals surface area contributed by atoms with Gasteiger partial charge >= 0.3 is 0 Å². The monoisotopic (exact) mass is 299 g/mol. The van der Waals surface area contributed by atoms with E-state index in [1.165, 1.54) is 22.9 Å². The highest BCUT2D eigenvalue weighted by molar-refractivity contribution is 7.21. The quantitative estimate of drug-likeness (QED) is 0.742. The van der Waals surface area contributed by atoms with E-state index in [9.17, 15) is 9.59 Å². The molecule has 0 aliphatic heterocycles. The molecule has 0 atom stereocenters. The lowest BCUT2D eigenvalue weighted by Crippen LogP contribution is -2.24. The van der Waals surface area contributed by atoms with E-state index in [-0.39, 0.29) is 24.3 Å². The summed E-state index contributed by atoms with van der Waals surface area (Å²) in [5.74, 6) is 0.0269. The van der Waals surface area contributed by atoms with Crippen LogP contribution in [0.3, 0.4) is 0 Å². The molecule has 0 bridgehead atoms. The molecular weight excluding hydrogens is 286 g/mol. The molecule has 0 fully saturated rings. The molecule has 21 heavy (non-hydrogen) atoms. The lowest BCUT2D eigenvalue weighted by Gasteiger charge is -2.00. The normalized spacial score (nSPS) is 10.9. The molecule has 0 unspecified atom stereocenters. The zero-order valence-corrected chi connectivity index (χ0v) is 12.3. The van der Waals surface area contributed by atoms with E-state index in [4.69, 9.17) is 0 Å². The molecule has 0 spiro atoms. The molecule has 0 N–H and O–H groups in total. The predicted octanol–water partition coefficient (Wildman–Crippen LogP) is 2.50. The van der Waals surface area contributed by atoms with Crippen LogP contribution in [0, 0.1) is 0 Å². The third-order valence-electron chi connectivity index (χ3n) is 3.15. The van der Waals surface area contributed by atoms with E-state index < -0.39 is 0 Å². The van der Waals surface area contributed by atoms with Gasteiger partial charge in [-0.3, -0.25) is 9.59 Å². The highest BCUT2D eigenvalue weighted by atomic mass is 32.1. The number of benzene rings is 1. The van der Waals surface area contributed by atoms with Crippen LogP contribution in [-0.2, 0) is 11.3 Å². The van der Waals surface area contributed by atoms with Crippen LogP contribution in [0.1, 0.15) is 13.3 Å². The first-order valence-electron chi connectivity index (χ1n) is 6.57. The van der Waals surface area contributed by atoms with Gasteiger partial charge in [0.15, 0.2) is 4.83 Å². The second kappa shape index (κ2) is 5.57. The Morgan fingerprint density at radius 3 is 2.76 bits per heavy atom. The molecular formula is C15H13N3O2S. The molecule has 0 amide bonds. The van der Waals surface area contributed by atoms with Gasteiger partial charge in [-0.2, -0.15) is 0 Å². The van der Waals surface area contributed by atoms with Gasteiger partial charge < -0.3 is 0 Å². The number of aryl methyl sites for hydroxylation is 1. The number of fused-ring (bicyclic) bond motifs is 1.